The number of benzene rings is 3. The highest BCUT2D eigenvalue weighted by molar-refractivity contribution is 6.30. The normalized spacial score (nSPS) is 15.0. The zero-order chi connectivity index (χ0) is 24.2. The van der Waals surface area contributed by atoms with Gasteiger partial charge >= 0.3 is 0 Å². The molecule has 0 aliphatic carbocycles. The van der Waals surface area contributed by atoms with E-state index in [1.165, 1.54) is 17.7 Å². The smallest absolute Gasteiger partial charge is 0.173 e. The number of tetrazole rings is 1. The highest BCUT2D eigenvalue weighted by Crippen LogP contribution is 2.32. The molecule has 5 rings (SSSR count). The van der Waals surface area contributed by atoms with Gasteiger partial charge in [0.05, 0.1) is 19.7 Å². The van der Waals surface area contributed by atoms with E-state index in [0.717, 1.165) is 47.8 Å². The molecule has 1 aliphatic rings. The summed E-state index contributed by atoms with van der Waals surface area (Å²) in [5.41, 5.74) is 4.41. The Bertz CT molecular complexity index is 1300. The molecule has 0 amide bonds. The van der Waals surface area contributed by atoms with E-state index in [0.29, 0.717) is 11.6 Å². The van der Waals surface area contributed by atoms with Crippen LogP contribution in [0.1, 0.15) is 35.0 Å². The van der Waals surface area contributed by atoms with E-state index in [2.05, 4.69) is 26.5 Å². The van der Waals surface area contributed by atoms with Crippen molar-refractivity contribution in [3.8, 4) is 5.75 Å². The lowest BCUT2D eigenvalue weighted by Gasteiger charge is -2.33. The van der Waals surface area contributed by atoms with E-state index < -0.39 is 0 Å². The van der Waals surface area contributed by atoms with Gasteiger partial charge in [0.1, 0.15) is 11.6 Å². The Hall–Kier alpha value is -3.55. The molecule has 0 spiro atoms. The van der Waals surface area contributed by atoms with E-state index in [1.54, 1.807) is 7.11 Å². The van der Waals surface area contributed by atoms with Crippen molar-refractivity contribution in [2.24, 2.45) is 0 Å². The van der Waals surface area contributed by atoms with Crippen LogP contribution in [0.5, 0.6) is 5.75 Å². The third-order valence-corrected chi connectivity index (χ3v) is 6.55. The van der Waals surface area contributed by atoms with E-state index in [4.69, 9.17) is 16.3 Å². The fourth-order valence-electron chi connectivity index (χ4n) is 4.44. The van der Waals surface area contributed by atoms with E-state index in [9.17, 15) is 4.39 Å². The molecule has 35 heavy (non-hydrogen) atoms. The average molecular weight is 490 g/mol. The first kappa shape index (κ1) is 23.2. The number of aromatic nitrogens is 4. The van der Waals surface area contributed by atoms with Gasteiger partial charge in [0.15, 0.2) is 5.82 Å². The molecular formula is C27H25ClFN5O. The van der Waals surface area contributed by atoms with Crippen molar-refractivity contribution in [3.63, 3.8) is 0 Å². The van der Waals surface area contributed by atoms with Crippen LogP contribution in [-0.2, 0) is 6.54 Å². The molecule has 1 atom stereocenters. The minimum atomic E-state index is -0.224. The molecule has 1 aromatic heterocycles. The number of hydrogen-bond acceptors (Lipinski definition) is 5. The molecule has 0 N–H and O–H groups in total. The number of nitrogens with zero attached hydrogens (tertiary/aromatic N) is 5. The molecule has 2 heterocycles. The Labute approximate surface area is 208 Å². The summed E-state index contributed by atoms with van der Waals surface area (Å²) in [5, 5.41) is 13.5. The van der Waals surface area contributed by atoms with Gasteiger partial charge in [0.2, 0.25) is 0 Å². The lowest BCUT2D eigenvalue weighted by atomic mass is 9.96. The van der Waals surface area contributed by atoms with Crippen LogP contribution in [0.25, 0.3) is 5.57 Å². The first-order valence-corrected chi connectivity index (χ1v) is 11.8. The van der Waals surface area contributed by atoms with E-state index in [-0.39, 0.29) is 11.9 Å². The molecule has 3 aromatic carbocycles. The van der Waals surface area contributed by atoms with Crippen molar-refractivity contribution in [3.05, 3.63) is 112 Å². The van der Waals surface area contributed by atoms with Crippen LogP contribution in [0, 0.1) is 5.82 Å². The molecule has 4 aromatic rings. The summed E-state index contributed by atoms with van der Waals surface area (Å²) in [6, 6.07) is 22.3. The first-order chi connectivity index (χ1) is 17.1. The lowest BCUT2D eigenvalue weighted by molar-refractivity contribution is 0.235. The van der Waals surface area contributed by atoms with Crippen LogP contribution in [0.4, 0.5) is 4.39 Å². The molecule has 178 valence electrons. The van der Waals surface area contributed by atoms with Crippen LogP contribution in [0.2, 0.25) is 5.02 Å². The van der Waals surface area contributed by atoms with Crippen molar-refractivity contribution in [2.45, 2.75) is 19.0 Å². The topological polar surface area (TPSA) is 56.1 Å². The standard InChI is InChI=1S/C27H25ClFN5O/c1-35-25-12-2-19(3-13-25)18-34-27(30-31-32-34)26(22-4-8-23(28)9-5-22)33-16-14-21(15-17-33)20-6-10-24(29)11-7-20/h2-14,26H,15-18H2,1H3/t26-/m0/s1. The van der Waals surface area contributed by atoms with Gasteiger partial charge in [-0.05, 0) is 75.5 Å². The van der Waals surface area contributed by atoms with Crippen molar-refractivity contribution < 1.29 is 9.13 Å². The van der Waals surface area contributed by atoms with Crippen molar-refractivity contribution in [1.29, 1.82) is 0 Å². The summed E-state index contributed by atoms with van der Waals surface area (Å²) in [6.45, 7) is 2.07. The molecule has 8 heteroatoms. The average Bonchev–Trinajstić information content (AvgIpc) is 3.34. The van der Waals surface area contributed by atoms with Crippen LogP contribution in [-0.4, -0.2) is 45.3 Å². The maximum atomic E-state index is 13.4. The van der Waals surface area contributed by atoms with Gasteiger partial charge in [0, 0.05) is 18.1 Å². The number of hydrogen-bond donors (Lipinski definition) is 0. The number of halogens is 2. The summed E-state index contributed by atoms with van der Waals surface area (Å²) in [7, 11) is 1.65. The van der Waals surface area contributed by atoms with Crippen LogP contribution >= 0.6 is 11.6 Å². The molecule has 1 aliphatic heterocycles. The van der Waals surface area contributed by atoms with Gasteiger partial charge in [-0.3, -0.25) is 4.90 Å². The van der Waals surface area contributed by atoms with Crippen LogP contribution < -0.4 is 4.74 Å². The second kappa shape index (κ2) is 10.4. The number of methoxy groups -OCH3 is 1. The third-order valence-electron chi connectivity index (χ3n) is 6.30. The Kier molecular flexibility index (Phi) is 6.88. The molecule has 0 fully saturated rings. The van der Waals surface area contributed by atoms with Gasteiger partial charge < -0.3 is 4.74 Å². The second-order valence-electron chi connectivity index (χ2n) is 8.48. The van der Waals surface area contributed by atoms with E-state index in [1.807, 2.05) is 65.3 Å². The van der Waals surface area contributed by atoms with Crippen molar-refractivity contribution in [1.82, 2.24) is 25.1 Å². The summed E-state index contributed by atoms with van der Waals surface area (Å²) in [5.74, 6) is 1.35. The monoisotopic (exact) mass is 489 g/mol. The quantitative estimate of drug-likeness (QED) is 0.348. The fourth-order valence-corrected chi connectivity index (χ4v) is 4.56. The van der Waals surface area contributed by atoms with Crippen molar-refractivity contribution in [2.75, 3.05) is 20.2 Å². The minimum absolute atomic E-state index is 0.147. The minimum Gasteiger partial charge on any atom is -0.497 e. The molecule has 0 radical (unpaired) electrons. The highest BCUT2D eigenvalue weighted by Gasteiger charge is 2.29. The molecule has 0 saturated heterocycles. The zero-order valence-corrected chi connectivity index (χ0v) is 20.1. The predicted octanol–water partition coefficient (Wildman–Crippen LogP) is 5.40. The third kappa shape index (κ3) is 5.26. The lowest BCUT2D eigenvalue weighted by Crippen LogP contribution is -2.35. The van der Waals surface area contributed by atoms with Gasteiger partial charge in [-0.15, -0.1) is 5.10 Å². The largest absolute Gasteiger partial charge is 0.497 e. The Balaban J connectivity index is 1.45. The van der Waals surface area contributed by atoms with Crippen LogP contribution in [0.3, 0.4) is 0 Å². The van der Waals surface area contributed by atoms with Gasteiger partial charge in [0.25, 0.3) is 0 Å². The number of ether oxygens (including phenoxy) is 1. The fraction of sp³-hybridized carbons (Fsp3) is 0.222. The zero-order valence-electron chi connectivity index (χ0n) is 19.3. The highest BCUT2D eigenvalue weighted by atomic mass is 35.5. The predicted molar refractivity (Wildman–Crippen MR) is 134 cm³/mol. The molecule has 0 saturated carbocycles. The van der Waals surface area contributed by atoms with Gasteiger partial charge in [-0.25, -0.2) is 9.07 Å². The summed E-state index contributed by atoms with van der Waals surface area (Å²) in [6.07, 6.45) is 3.05. The summed E-state index contributed by atoms with van der Waals surface area (Å²) in [4.78, 5) is 2.35. The first-order valence-electron chi connectivity index (χ1n) is 11.4. The summed E-state index contributed by atoms with van der Waals surface area (Å²) < 4.78 is 20.5. The maximum Gasteiger partial charge on any atom is 0.173 e. The molecule has 0 unspecified atom stereocenters. The Morgan fingerprint density at radius 1 is 1.00 bits per heavy atom. The SMILES string of the molecule is COc1ccc(Cn2nnnc2[C@H](c2ccc(Cl)cc2)N2CC=C(c3ccc(F)cc3)CC2)cc1. The maximum absolute atomic E-state index is 13.4. The van der Waals surface area contributed by atoms with Gasteiger partial charge in [-0.2, -0.15) is 0 Å². The molecular weight excluding hydrogens is 465 g/mol. The van der Waals surface area contributed by atoms with Crippen molar-refractivity contribution >= 4 is 17.2 Å². The Morgan fingerprint density at radius 3 is 2.40 bits per heavy atom. The summed E-state index contributed by atoms with van der Waals surface area (Å²) >= 11 is 6.18. The van der Waals surface area contributed by atoms with Gasteiger partial charge in [-0.1, -0.05) is 54.1 Å². The van der Waals surface area contributed by atoms with Crippen LogP contribution in [0.15, 0.2) is 78.9 Å². The second-order valence-corrected chi connectivity index (χ2v) is 8.91. The van der Waals surface area contributed by atoms with E-state index >= 15 is 0 Å². The molecule has 6 nitrogen and oxygen atoms in total. The number of rotatable bonds is 7. The Morgan fingerprint density at radius 2 is 1.74 bits per heavy atom. The molecule has 0 bridgehead atoms.